The van der Waals surface area contributed by atoms with Crippen LogP contribution < -0.4 is 5.32 Å². The number of amides is 1. The molecule has 0 radical (unpaired) electrons. The van der Waals surface area contributed by atoms with Crippen molar-refractivity contribution in [3.05, 3.63) is 57.6 Å². The van der Waals surface area contributed by atoms with Gasteiger partial charge in [0.15, 0.2) is 0 Å². The van der Waals surface area contributed by atoms with E-state index in [9.17, 15) is 9.90 Å². The Morgan fingerprint density at radius 2 is 2.10 bits per heavy atom. The van der Waals surface area contributed by atoms with Gasteiger partial charge < -0.3 is 10.4 Å². The van der Waals surface area contributed by atoms with Crippen molar-refractivity contribution in [2.75, 3.05) is 5.32 Å². The highest BCUT2D eigenvalue weighted by Gasteiger charge is 2.13. The summed E-state index contributed by atoms with van der Waals surface area (Å²) in [6.07, 6.45) is 0. The summed E-state index contributed by atoms with van der Waals surface area (Å²) in [5, 5.41) is 21.3. The van der Waals surface area contributed by atoms with E-state index in [1.165, 1.54) is 6.07 Å². The first kappa shape index (κ1) is 14.1. The predicted octanol–water partition coefficient (Wildman–Crippen LogP) is 3.59. The number of anilines is 1. The number of phenolic OH excluding ortho intramolecular Hbond substituents is 1. The second-order valence-electron chi connectivity index (χ2n) is 4.21. The van der Waals surface area contributed by atoms with E-state index < -0.39 is 0 Å². The van der Waals surface area contributed by atoms with E-state index in [0.29, 0.717) is 22.4 Å². The minimum Gasteiger partial charge on any atom is -0.508 e. The van der Waals surface area contributed by atoms with Gasteiger partial charge in [-0.3, -0.25) is 4.79 Å². The smallest absolute Gasteiger partial charge is 0.256 e. The lowest BCUT2D eigenvalue weighted by atomic mass is 10.1. The van der Waals surface area contributed by atoms with Crippen molar-refractivity contribution in [1.29, 1.82) is 5.26 Å². The number of carbonyl (C=O) groups excluding carboxylic acids is 1. The molecule has 2 N–H and O–H groups in total. The monoisotopic (exact) mass is 330 g/mol. The van der Waals surface area contributed by atoms with Gasteiger partial charge in [-0.1, -0.05) is 22.0 Å². The van der Waals surface area contributed by atoms with Crippen molar-refractivity contribution in [1.82, 2.24) is 0 Å². The van der Waals surface area contributed by atoms with Crippen molar-refractivity contribution in [2.45, 2.75) is 6.92 Å². The number of nitriles is 1. The predicted molar refractivity (Wildman–Crippen MR) is 79.7 cm³/mol. The molecule has 1 amide bonds. The number of nitrogens with zero attached hydrogens (tertiary/aromatic N) is 1. The minimum atomic E-state index is -0.368. The molecule has 0 unspecified atom stereocenters. The summed E-state index contributed by atoms with van der Waals surface area (Å²) in [5.74, 6) is -0.305. The molecule has 0 heterocycles. The van der Waals surface area contributed by atoms with Crippen LogP contribution in [-0.4, -0.2) is 11.0 Å². The number of hydrogen-bond donors (Lipinski definition) is 2. The number of benzene rings is 2. The third kappa shape index (κ3) is 2.81. The Hall–Kier alpha value is -2.32. The largest absolute Gasteiger partial charge is 0.508 e. The molecule has 4 nitrogen and oxygen atoms in total. The second-order valence-corrected chi connectivity index (χ2v) is 5.12. The van der Waals surface area contributed by atoms with Crippen LogP contribution in [0.3, 0.4) is 0 Å². The van der Waals surface area contributed by atoms with Crippen LogP contribution in [0.1, 0.15) is 21.5 Å². The summed E-state index contributed by atoms with van der Waals surface area (Å²) in [7, 11) is 0. The molecule has 0 aliphatic carbocycles. The molecule has 0 fully saturated rings. The zero-order valence-corrected chi connectivity index (χ0v) is 12.2. The van der Waals surface area contributed by atoms with E-state index in [2.05, 4.69) is 21.2 Å². The Balaban J connectivity index is 2.35. The Morgan fingerprint density at radius 3 is 2.80 bits per heavy atom. The number of rotatable bonds is 2. The van der Waals surface area contributed by atoms with E-state index in [4.69, 9.17) is 5.26 Å². The van der Waals surface area contributed by atoms with Gasteiger partial charge in [-0.25, -0.2) is 0 Å². The van der Waals surface area contributed by atoms with Gasteiger partial charge in [0.2, 0.25) is 0 Å². The Labute approximate surface area is 124 Å². The Kier molecular flexibility index (Phi) is 4.06. The van der Waals surface area contributed by atoms with E-state index in [1.54, 1.807) is 37.3 Å². The van der Waals surface area contributed by atoms with Crippen molar-refractivity contribution < 1.29 is 9.90 Å². The van der Waals surface area contributed by atoms with Gasteiger partial charge in [-0.15, -0.1) is 0 Å². The maximum absolute atomic E-state index is 12.2. The van der Waals surface area contributed by atoms with Gasteiger partial charge >= 0.3 is 0 Å². The molecule has 0 saturated heterocycles. The molecule has 0 saturated carbocycles. The van der Waals surface area contributed by atoms with Crippen LogP contribution in [0.15, 0.2) is 40.9 Å². The maximum atomic E-state index is 12.2. The lowest BCUT2D eigenvalue weighted by molar-refractivity contribution is 0.102. The van der Waals surface area contributed by atoms with Crippen molar-refractivity contribution in [3.63, 3.8) is 0 Å². The lowest BCUT2D eigenvalue weighted by Crippen LogP contribution is -2.14. The van der Waals surface area contributed by atoms with E-state index in [1.807, 2.05) is 6.07 Å². The average Bonchev–Trinajstić information content (AvgIpc) is 2.42. The highest BCUT2D eigenvalue weighted by atomic mass is 79.9. The fourth-order valence-corrected chi connectivity index (χ4v) is 2.14. The molecule has 100 valence electrons. The quantitative estimate of drug-likeness (QED) is 0.883. The summed E-state index contributed by atoms with van der Waals surface area (Å²) in [4.78, 5) is 12.2. The molecule has 2 aromatic rings. The summed E-state index contributed by atoms with van der Waals surface area (Å²) in [6, 6.07) is 11.8. The first-order chi connectivity index (χ1) is 9.52. The van der Waals surface area contributed by atoms with Gasteiger partial charge in [-0.05, 0) is 37.3 Å². The molecule has 5 heteroatoms. The minimum absolute atomic E-state index is 0.0624. The number of aromatic hydroxyl groups is 1. The van der Waals surface area contributed by atoms with Crippen molar-refractivity contribution in [3.8, 4) is 11.8 Å². The van der Waals surface area contributed by atoms with E-state index in [-0.39, 0.29) is 11.7 Å². The number of carbonyl (C=O) groups is 1. The van der Waals surface area contributed by atoms with Crippen LogP contribution in [0.25, 0.3) is 0 Å². The summed E-state index contributed by atoms with van der Waals surface area (Å²) in [5.41, 5.74) is 1.67. The Bertz CT molecular complexity index is 720. The highest BCUT2D eigenvalue weighted by Crippen LogP contribution is 2.24. The van der Waals surface area contributed by atoms with Crippen LogP contribution in [0.2, 0.25) is 0 Å². The van der Waals surface area contributed by atoms with E-state index >= 15 is 0 Å². The number of phenols is 1. The third-order valence-corrected chi connectivity index (χ3v) is 3.39. The van der Waals surface area contributed by atoms with Gasteiger partial charge in [-0.2, -0.15) is 5.26 Å². The molecular formula is C15H11BrN2O2. The Morgan fingerprint density at radius 1 is 1.35 bits per heavy atom. The molecule has 0 atom stereocenters. The topological polar surface area (TPSA) is 73.1 Å². The number of nitrogens with one attached hydrogen (secondary N) is 1. The van der Waals surface area contributed by atoms with Crippen molar-refractivity contribution >= 4 is 27.5 Å². The molecule has 0 aliphatic heterocycles. The summed E-state index contributed by atoms with van der Waals surface area (Å²) in [6.45, 7) is 1.66. The SMILES string of the molecule is Cc1c(O)cccc1C(=O)Nc1cc(Br)ccc1C#N. The fourth-order valence-electron chi connectivity index (χ4n) is 1.78. The molecule has 2 aromatic carbocycles. The zero-order valence-electron chi connectivity index (χ0n) is 10.6. The molecule has 0 bridgehead atoms. The average molecular weight is 331 g/mol. The molecule has 20 heavy (non-hydrogen) atoms. The second kappa shape index (κ2) is 5.76. The van der Waals surface area contributed by atoms with E-state index in [0.717, 1.165) is 4.47 Å². The molecule has 0 aromatic heterocycles. The first-order valence-electron chi connectivity index (χ1n) is 5.82. The molecule has 2 rings (SSSR count). The van der Waals surface area contributed by atoms with Gasteiger partial charge in [0.1, 0.15) is 11.8 Å². The first-order valence-corrected chi connectivity index (χ1v) is 6.62. The maximum Gasteiger partial charge on any atom is 0.256 e. The van der Waals surface area contributed by atoms with Crippen LogP contribution in [-0.2, 0) is 0 Å². The molecule has 0 aliphatic rings. The van der Waals surface area contributed by atoms with Gasteiger partial charge in [0.25, 0.3) is 5.91 Å². The number of hydrogen-bond acceptors (Lipinski definition) is 3. The zero-order chi connectivity index (χ0) is 14.7. The molecular weight excluding hydrogens is 320 g/mol. The van der Waals surface area contributed by atoms with Crippen molar-refractivity contribution in [2.24, 2.45) is 0 Å². The standard InChI is InChI=1S/C15H11BrN2O2/c1-9-12(3-2-4-14(9)19)15(20)18-13-7-11(16)6-5-10(13)8-17/h2-7,19H,1H3,(H,18,20). The summed E-state index contributed by atoms with van der Waals surface area (Å²) < 4.78 is 0.763. The van der Waals surface area contributed by atoms with Crippen LogP contribution in [0.5, 0.6) is 5.75 Å². The van der Waals surface area contributed by atoms with Crippen LogP contribution in [0.4, 0.5) is 5.69 Å². The molecule has 0 spiro atoms. The lowest BCUT2D eigenvalue weighted by Gasteiger charge is -2.10. The summed E-state index contributed by atoms with van der Waals surface area (Å²) >= 11 is 3.30. The highest BCUT2D eigenvalue weighted by molar-refractivity contribution is 9.10. The fraction of sp³-hybridized carbons (Fsp3) is 0.0667. The van der Waals surface area contributed by atoms with Gasteiger partial charge in [0.05, 0.1) is 11.3 Å². The third-order valence-electron chi connectivity index (χ3n) is 2.90. The van der Waals surface area contributed by atoms with Crippen LogP contribution >= 0.6 is 15.9 Å². The number of halogens is 1. The van der Waals surface area contributed by atoms with Crippen LogP contribution in [0, 0.1) is 18.3 Å². The van der Waals surface area contributed by atoms with Gasteiger partial charge in [0, 0.05) is 15.6 Å². The normalized spacial score (nSPS) is 9.85.